The summed E-state index contributed by atoms with van der Waals surface area (Å²) in [6.07, 6.45) is 0. The number of para-hydroxylation sites is 1. The van der Waals surface area contributed by atoms with E-state index in [9.17, 15) is 4.79 Å². The number of carbonyl (C=O) groups excluding carboxylic acids is 1. The van der Waals surface area contributed by atoms with Crippen molar-refractivity contribution in [2.75, 3.05) is 13.7 Å². The van der Waals surface area contributed by atoms with Gasteiger partial charge < -0.3 is 15.2 Å². The number of nitrogens with two attached hydrogens (primary N) is 1. The summed E-state index contributed by atoms with van der Waals surface area (Å²) in [6.45, 7) is 0.214. The first-order valence-electron chi connectivity index (χ1n) is 4.33. The first kappa shape index (κ1) is 11.8. The molecule has 1 aliphatic heterocycles. The molecule has 0 spiro atoms. The Kier molecular flexibility index (Phi) is 3.55. The SMILES string of the molecule is COc1cccc2c1OCC(N)C2=O.Cl. The molecule has 1 unspecified atom stereocenters. The largest absolute Gasteiger partial charge is 0.493 e. The second kappa shape index (κ2) is 4.51. The number of rotatable bonds is 1. The van der Waals surface area contributed by atoms with Crippen molar-refractivity contribution in [1.29, 1.82) is 0 Å². The monoisotopic (exact) mass is 229 g/mol. The van der Waals surface area contributed by atoms with Crippen molar-refractivity contribution in [3.05, 3.63) is 23.8 Å². The van der Waals surface area contributed by atoms with E-state index in [2.05, 4.69) is 0 Å². The Labute approximate surface area is 93.8 Å². The summed E-state index contributed by atoms with van der Waals surface area (Å²) in [4.78, 5) is 11.6. The third-order valence-electron chi connectivity index (χ3n) is 2.21. The highest BCUT2D eigenvalue weighted by molar-refractivity contribution is 6.04. The molecule has 0 fully saturated rings. The maximum absolute atomic E-state index is 11.6. The molecular formula is C10H12ClNO3. The van der Waals surface area contributed by atoms with E-state index in [4.69, 9.17) is 15.2 Å². The topological polar surface area (TPSA) is 61.6 Å². The number of hydrogen-bond acceptors (Lipinski definition) is 4. The highest BCUT2D eigenvalue weighted by Gasteiger charge is 2.27. The second-order valence-corrected chi connectivity index (χ2v) is 3.12. The quantitative estimate of drug-likeness (QED) is 0.781. The van der Waals surface area contributed by atoms with Crippen LogP contribution >= 0.6 is 12.4 Å². The molecular weight excluding hydrogens is 218 g/mol. The molecule has 2 rings (SSSR count). The van der Waals surface area contributed by atoms with E-state index in [1.54, 1.807) is 18.2 Å². The zero-order valence-electron chi connectivity index (χ0n) is 8.23. The van der Waals surface area contributed by atoms with Gasteiger partial charge in [0.15, 0.2) is 17.3 Å². The zero-order valence-corrected chi connectivity index (χ0v) is 9.04. The predicted octanol–water partition coefficient (Wildman–Crippen LogP) is 1.02. The lowest BCUT2D eigenvalue weighted by atomic mass is 10.0. The van der Waals surface area contributed by atoms with Gasteiger partial charge in [0.1, 0.15) is 12.6 Å². The lowest BCUT2D eigenvalue weighted by Crippen LogP contribution is -2.40. The molecule has 0 aliphatic carbocycles. The van der Waals surface area contributed by atoms with E-state index in [1.165, 1.54) is 7.11 Å². The fourth-order valence-electron chi connectivity index (χ4n) is 1.47. The Morgan fingerprint density at radius 2 is 2.27 bits per heavy atom. The molecule has 82 valence electrons. The van der Waals surface area contributed by atoms with Crippen LogP contribution in [0, 0.1) is 0 Å². The van der Waals surface area contributed by atoms with Gasteiger partial charge in [-0.15, -0.1) is 12.4 Å². The standard InChI is InChI=1S/C10H11NO3.ClH/c1-13-8-4-2-3-6-9(12)7(11)5-14-10(6)8;/h2-4,7H,5,11H2,1H3;1H. The summed E-state index contributed by atoms with van der Waals surface area (Å²) in [6, 6.07) is 4.63. The molecule has 1 aliphatic rings. The van der Waals surface area contributed by atoms with Crippen LogP contribution in [-0.2, 0) is 0 Å². The summed E-state index contributed by atoms with van der Waals surface area (Å²) in [5.41, 5.74) is 6.07. The molecule has 5 heteroatoms. The van der Waals surface area contributed by atoms with Gasteiger partial charge in [0, 0.05) is 0 Å². The summed E-state index contributed by atoms with van der Waals surface area (Å²) in [5, 5.41) is 0. The Morgan fingerprint density at radius 1 is 1.53 bits per heavy atom. The Morgan fingerprint density at radius 3 is 2.93 bits per heavy atom. The molecule has 15 heavy (non-hydrogen) atoms. The van der Waals surface area contributed by atoms with Gasteiger partial charge in [0.05, 0.1) is 12.7 Å². The van der Waals surface area contributed by atoms with Crippen LogP contribution in [0.3, 0.4) is 0 Å². The summed E-state index contributed by atoms with van der Waals surface area (Å²) in [7, 11) is 1.54. The van der Waals surface area contributed by atoms with E-state index >= 15 is 0 Å². The molecule has 1 heterocycles. The van der Waals surface area contributed by atoms with Crippen LogP contribution in [0.25, 0.3) is 0 Å². The molecule has 0 aromatic heterocycles. The van der Waals surface area contributed by atoms with Gasteiger partial charge in [-0.2, -0.15) is 0 Å². The van der Waals surface area contributed by atoms with Gasteiger partial charge in [-0.1, -0.05) is 6.07 Å². The molecule has 2 N–H and O–H groups in total. The predicted molar refractivity (Wildman–Crippen MR) is 58.0 cm³/mol. The van der Waals surface area contributed by atoms with Crippen molar-refractivity contribution in [3.8, 4) is 11.5 Å². The number of methoxy groups -OCH3 is 1. The Balaban J connectivity index is 0.00000112. The van der Waals surface area contributed by atoms with Crippen molar-refractivity contribution in [1.82, 2.24) is 0 Å². The first-order chi connectivity index (χ1) is 6.74. The third-order valence-corrected chi connectivity index (χ3v) is 2.21. The number of fused-ring (bicyclic) bond motifs is 1. The van der Waals surface area contributed by atoms with Gasteiger partial charge in [-0.25, -0.2) is 0 Å². The number of benzene rings is 1. The van der Waals surface area contributed by atoms with Gasteiger partial charge in [-0.05, 0) is 12.1 Å². The van der Waals surface area contributed by atoms with E-state index in [1.807, 2.05) is 0 Å². The van der Waals surface area contributed by atoms with Crippen molar-refractivity contribution in [2.24, 2.45) is 5.73 Å². The second-order valence-electron chi connectivity index (χ2n) is 3.12. The summed E-state index contributed by atoms with van der Waals surface area (Å²) < 4.78 is 10.4. The summed E-state index contributed by atoms with van der Waals surface area (Å²) >= 11 is 0. The average Bonchev–Trinajstić information content (AvgIpc) is 2.23. The fraction of sp³-hybridized carbons (Fsp3) is 0.300. The van der Waals surface area contributed by atoms with E-state index in [0.717, 1.165) is 0 Å². The van der Waals surface area contributed by atoms with Crippen LogP contribution in [0.4, 0.5) is 0 Å². The maximum atomic E-state index is 11.6. The third kappa shape index (κ3) is 1.91. The van der Waals surface area contributed by atoms with Crippen molar-refractivity contribution >= 4 is 18.2 Å². The highest BCUT2D eigenvalue weighted by Crippen LogP contribution is 2.33. The lowest BCUT2D eigenvalue weighted by molar-refractivity contribution is 0.0896. The van der Waals surface area contributed by atoms with Crippen LogP contribution in [0.1, 0.15) is 10.4 Å². The van der Waals surface area contributed by atoms with Crippen LogP contribution in [0.5, 0.6) is 11.5 Å². The first-order valence-corrected chi connectivity index (χ1v) is 4.33. The zero-order chi connectivity index (χ0) is 10.1. The number of ether oxygens (including phenoxy) is 2. The van der Waals surface area contributed by atoms with Crippen molar-refractivity contribution in [2.45, 2.75) is 6.04 Å². The van der Waals surface area contributed by atoms with Crippen LogP contribution < -0.4 is 15.2 Å². The minimum absolute atomic E-state index is 0. The number of hydrogen-bond donors (Lipinski definition) is 1. The molecule has 4 nitrogen and oxygen atoms in total. The fourth-order valence-corrected chi connectivity index (χ4v) is 1.47. The average molecular weight is 230 g/mol. The molecule has 0 saturated carbocycles. The van der Waals surface area contributed by atoms with E-state index < -0.39 is 6.04 Å². The molecule has 0 amide bonds. The molecule has 0 bridgehead atoms. The number of carbonyl (C=O) groups is 1. The Bertz CT molecular complexity index is 381. The minimum atomic E-state index is -0.561. The Hall–Kier alpha value is -1.26. The van der Waals surface area contributed by atoms with Gasteiger partial charge in [0.25, 0.3) is 0 Å². The van der Waals surface area contributed by atoms with Crippen molar-refractivity contribution in [3.63, 3.8) is 0 Å². The number of Topliss-reactive ketones (excluding diaryl/α,β-unsaturated/α-hetero) is 1. The molecule has 1 atom stereocenters. The van der Waals surface area contributed by atoms with Crippen LogP contribution in [0.15, 0.2) is 18.2 Å². The van der Waals surface area contributed by atoms with Gasteiger partial charge in [0.2, 0.25) is 0 Å². The van der Waals surface area contributed by atoms with E-state index in [0.29, 0.717) is 17.1 Å². The minimum Gasteiger partial charge on any atom is -0.493 e. The number of ketones is 1. The molecule has 0 saturated heterocycles. The van der Waals surface area contributed by atoms with Gasteiger partial charge >= 0.3 is 0 Å². The van der Waals surface area contributed by atoms with E-state index in [-0.39, 0.29) is 24.8 Å². The van der Waals surface area contributed by atoms with Gasteiger partial charge in [-0.3, -0.25) is 4.79 Å². The maximum Gasteiger partial charge on any atom is 0.186 e. The smallest absolute Gasteiger partial charge is 0.186 e. The highest BCUT2D eigenvalue weighted by atomic mass is 35.5. The normalized spacial score (nSPS) is 18.5. The molecule has 1 aromatic carbocycles. The van der Waals surface area contributed by atoms with Crippen LogP contribution in [-0.4, -0.2) is 25.5 Å². The lowest BCUT2D eigenvalue weighted by Gasteiger charge is -2.22. The molecule has 0 radical (unpaired) electrons. The summed E-state index contributed by atoms with van der Waals surface area (Å²) in [5.74, 6) is 0.981. The number of halogens is 1. The van der Waals surface area contributed by atoms with Crippen LogP contribution in [0.2, 0.25) is 0 Å². The van der Waals surface area contributed by atoms with Crippen molar-refractivity contribution < 1.29 is 14.3 Å². The molecule has 1 aromatic rings.